The number of carbonyl (C=O) groups is 2. The number of carbonyl (C=O) groups excluding carboxylic acids is 2. The zero-order chi connectivity index (χ0) is 44.1. The number of anilines is 4. The Hall–Kier alpha value is -4.83. The van der Waals surface area contributed by atoms with Gasteiger partial charge in [-0.3, -0.25) is 14.5 Å². The highest BCUT2D eigenvalue weighted by molar-refractivity contribution is 6.40. The maximum atomic E-state index is 12.4. The summed E-state index contributed by atoms with van der Waals surface area (Å²) < 4.78 is 0. The molecule has 1 fully saturated rings. The van der Waals surface area contributed by atoms with Crippen molar-refractivity contribution in [2.75, 3.05) is 52.8 Å². The summed E-state index contributed by atoms with van der Waals surface area (Å²) in [4.78, 5) is 49.6. The van der Waals surface area contributed by atoms with Crippen LogP contribution in [0, 0.1) is 11.3 Å². The minimum Gasteiger partial charge on any atom is -0.383 e. The Kier molecular flexibility index (Phi) is 22.7. The first kappa shape index (κ1) is 51.5. The first-order valence-corrected chi connectivity index (χ1v) is 23.0. The summed E-state index contributed by atoms with van der Waals surface area (Å²) in [6.07, 6.45) is 11.5. The second kappa shape index (κ2) is 27.3. The van der Waals surface area contributed by atoms with Crippen LogP contribution in [-0.2, 0) is 54.9 Å². The molecule has 12 nitrogen and oxygen atoms in total. The number of aryl methyl sites for hydroxylation is 2. The van der Waals surface area contributed by atoms with Crippen molar-refractivity contribution in [3.05, 3.63) is 93.6 Å². The Labute approximate surface area is 380 Å². The molecule has 0 amide bonds. The molecule has 0 atom stereocenters. The summed E-state index contributed by atoms with van der Waals surface area (Å²) in [6.45, 7) is 13.6. The number of fused-ring (bicyclic) bond motifs is 2. The lowest BCUT2D eigenvalue weighted by Crippen LogP contribution is -2.37. The van der Waals surface area contributed by atoms with E-state index < -0.39 is 0 Å². The van der Waals surface area contributed by atoms with E-state index >= 15 is 0 Å². The van der Waals surface area contributed by atoms with E-state index in [1.807, 2.05) is 36.9 Å². The second-order valence-corrected chi connectivity index (χ2v) is 16.2. The van der Waals surface area contributed by atoms with Gasteiger partial charge in [-0.1, -0.05) is 97.2 Å². The number of aromatic nitrogens is 4. The molecule has 4 N–H and O–H groups in total. The van der Waals surface area contributed by atoms with E-state index in [-0.39, 0.29) is 30.8 Å². The quantitative estimate of drug-likeness (QED) is 0.0910. The number of hydrogen-bond donors (Lipinski definition) is 2. The minimum atomic E-state index is 0. The molecule has 3 aliphatic rings. The van der Waals surface area contributed by atoms with Gasteiger partial charge in [0.25, 0.3) is 0 Å². The van der Waals surface area contributed by atoms with Gasteiger partial charge in [-0.15, -0.1) is 23.2 Å². The molecule has 5 heterocycles. The molecule has 3 aliphatic heterocycles. The van der Waals surface area contributed by atoms with Crippen LogP contribution >= 0.6 is 23.2 Å². The molecule has 0 unspecified atom stereocenters. The summed E-state index contributed by atoms with van der Waals surface area (Å²) in [5, 5.41) is 9.28. The number of nitrogens with zero attached hydrogens (tertiary/aromatic N) is 8. The molecular weight excluding hydrogens is 820 g/mol. The van der Waals surface area contributed by atoms with Crippen LogP contribution in [0.1, 0.15) is 132 Å². The highest BCUT2D eigenvalue weighted by Gasteiger charge is 2.29. The molecule has 0 spiro atoms. The largest absolute Gasteiger partial charge is 0.383 e. The zero-order valence-corrected chi connectivity index (χ0v) is 38.1. The third-order valence-electron chi connectivity index (χ3n) is 10.6. The van der Waals surface area contributed by atoms with Crippen LogP contribution in [0.2, 0.25) is 0 Å². The van der Waals surface area contributed by atoms with Crippen LogP contribution in [0.3, 0.4) is 0 Å². The highest BCUT2D eigenvalue weighted by atomic mass is 35.5. The van der Waals surface area contributed by atoms with E-state index in [0.717, 1.165) is 97.9 Å². The number of benzene rings is 2. The lowest BCUT2D eigenvalue weighted by Gasteiger charge is -2.30. The molecule has 0 aliphatic carbocycles. The first-order chi connectivity index (χ1) is 29.6. The molecule has 0 saturated carbocycles. The molecule has 1 saturated heterocycles. The fourth-order valence-electron chi connectivity index (χ4n) is 7.77. The molecule has 14 heteroatoms. The number of nitrogen functional groups attached to an aromatic ring is 2. The van der Waals surface area contributed by atoms with Crippen molar-refractivity contribution in [1.82, 2.24) is 24.8 Å². The number of ketones is 2. The SMILES string of the molecule is C.CC.CCCCCc1nc(N)c2c(n1)N(Cc1cccc(C#N)c1)CC(=O)C2.CCCCCc1nc(N)c2c(n1)N(Cc1cccc(CN3CCCC3)c1)CC(=O)C2.ClCCl. The molecule has 4 aromatic rings. The molecule has 2 aromatic carbocycles. The first-order valence-electron chi connectivity index (χ1n) is 21.9. The van der Waals surface area contributed by atoms with Gasteiger partial charge in [0.1, 0.15) is 34.9 Å². The molecule has 336 valence electrons. The van der Waals surface area contributed by atoms with Crippen molar-refractivity contribution in [2.45, 2.75) is 132 Å². The fraction of sp³-hybridized carbons (Fsp3) is 0.521. The Morgan fingerprint density at radius 1 is 0.677 bits per heavy atom. The normalized spacial score (nSPS) is 14.1. The van der Waals surface area contributed by atoms with Crippen LogP contribution in [0.25, 0.3) is 0 Å². The number of nitriles is 1. The Morgan fingerprint density at radius 3 is 1.56 bits per heavy atom. The number of hydrogen-bond acceptors (Lipinski definition) is 12. The lowest BCUT2D eigenvalue weighted by molar-refractivity contribution is -0.118. The fourth-order valence-corrected chi connectivity index (χ4v) is 7.77. The van der Waals surface area contributed by atoms with E-state index in [9.17, 15) is 9.59 Å². The number of alkyl halides is 2. The van der Waals surface area contributed by atoms with Gasteiger partial charge < -0.3 is 21.3 Å². The van der Waals surface area contributed by atoms with Gasteiger partial charge in [-0.25, -0.2) is 19.9 Å². The summed E-state index contributed by atoms with van der Waals surface area (Å²) in [6, 6.07) is 18.3. The summed E-state index contributed by atoms with van der Waals surface area (Å²) >= 11 is 9.53. The van der Waals surface area contributed by atoms with Crippen molar-refractivity contribution in [3.63, 3.8) is 0 Å². The number of Topliss-reactive ketones (excluding diaryl/α,β-unsaturated/α-hetero) is 2. The highest BCUT2D eigenvalue weighted by Crippen LogP contribution is 2.31. The maximum absolute atomic E-state index is 12.4. The predicted molar refractivity (Wildman–Crippen MR) is 256 cm³/mol. The molecular formula is C48H68Cl2N10O2. The summed E-state index contributed by atoms with van der Waals surface area (Å²) in [7, 11) is 0. The van der Waals surface area contributed by atoms with Crippen molar-refractivity contribution in [3.8, 4) is 6.07 Å². The van der Waals surface area contributed by atoms with Gasteiger partial charge in [0.2, 0.25) is 0 Å². The Bertz CT molecular complexity index is 2070. The van der Waals surface area contributed by atoms with Gasteiger partial charge in [0, 0.05) is 56.4 Å². The van der Waals surface area contributed by atoms with Crippen molar-refractivity contribution >= 4 is 58.0 Å². The monoisotopic (exact) mass is 886 g/mol. The third kappa shape index (κ3) is 15.5. The molecule has 0 radical (unpaired) electrons. The van der Waals surface area contributed by atoms with E-state index in [4.69, 9.17) is 49.9 Å². The third-order valence-corrected chi connectivity index (χ3v) is 10.6. The smallest absolute Gasteiger partial charge is 0.156 e. The second-order valence-electron chi connectivity index (χ2n) is 15.4. The topological polar surface area (TPSA) is 171 Å². The number of halogens is 2. The van der Waals surface area contributed by atoms with Crippen molar-refractivity contribution in [2.24, 2.45) is 0 Å². The molecule has 0 bridgehead atoms. The van der Waals surface area contributed by atoms with Crippen LogP contribution in [-0.4, -0.2) is 67.9 Å². The molecule has 62 heavy (non-hydrogen) atoms. The number of nitrogens with two attached hydrogens (primary N) is 2. The minimum absolute atomic E-state index is 0. The van der Waals surface area contributed by atoms with Crippen LogP contribution < -0.4 is 21.3 Å². The van der Waals surface area contributed by atoms with Crippen LogP contribution in [0.4, 0.5) is 23.3 Å². The average Bonchev–Trinajstić information content (AvgIpc) is 3.76. The maximum Gasteiger partial charge on any atom is 0.156 e. The van der Waals surface area contributed by atoms with Gasteiger partial charge in [-0.2, -0.15) is 5.26 Å². The number of likely N-dealkylation sites (tertiary alicyclic amines) is 1. The van der Waals surface area contributed by atoms with Crippen LogP contribution in [0.15, 0.2) is 48.5 Å². The molecule has 2 aromatic heterocycles. The molecule has 7 rings (SSSR count). The number of rotatable bonds is 14. The van der Waals surface area contributed by atoms with E-state index in [0.29, 0.717) is 49.8 Å². The van der Waals surface area contributed by atoms with E-state index in [1.54, 1.807) is 6.07 Å². The summed E-state index contributed by atoms with van der Waals surface area (Å²) in [5.74, 6) is 4.27. The van der Waals surface area contributed by atoms with Gasteiger partial charge in [-0.05, 0) is 67.6 Å². The van der Waals surface area contributed by atoms with E-state index in [2.05, 4.69) is 63.9 Å². The average molecular weight is 888 g/mol. The predicted octanol–water partition coefficient (Wildman–Crippen LogP) is 9.40. The van der Waals surface area contributed by atoms with Crippen molar-refractivity contribution < 1.29 is 9.59 Å². The van der Waals surface area contributed by atoms with Crippen molar-refractivity contribution in [1.29, 1.82) is 5.26 Å². The van der Waals surface area contributed by atoms with E-state index in [1.165, 1.54) is 37.1 Å². The van der Waals surface area contributed by atoms with Gasteiger partial charge in [0.15, 0.2) is 11.6 Å². The van der Waals surface area contributed by atoms with Crippen LogP contribution in [0.5, 0.6) is 0 Å². The van der Waals surface area contributed by atoms with Gasteiger partial charge >= 0.3 is 0 Å². The Balaban J connectivity index is 0.000000298. The lowest BCUT2D eigenvalue weighted by atomic mass is 10.0. The Morgan fingerprint density at radius 2 is 1.11 bits per heavy atom. The standard InChI is InChI=1S/C24H33N5O.C20H23N5O.C2H6.CH2Cl2.CH4/c1-2-3-4-10-22-26-23(25)21-14-20(30)17-29(24(21)27-22)16-19-9-7-8-18(13-19)15-28-11-5-6-12-28;1-2-3-4-8-18-23-19(22)17-10-16(26)13-25(20(17)24-18)12-15-7-5-6-14(9-15)11-21;1-2;2-1-3;/h7-9,13H,2-6,10-12,14-17H2,1H3,(H2,25,26,27);5-7,9H,2-4,8,10,12-13H2,1H3,(H2,22,23,24);1-2H3;1H2;1H4. The number of unbranched alkanes of at least 4 members (excludes halogenated alkanes) is 4. The zero-order valence-electron chi connectivity index (χ0n) is 36.6. The van der Waals surface area contributed by atoms with Gasteiger partial charge in [0.05, 0.1) is 30.1 Å². The summed E-state index contributed by atoms with van der Waals surface area (Å²) in [5.41, 5.74) is 18.0.